The van der Waals surface area contributed by atoms with E-state index in [1.54, 1.807) is 53.3 Å². The topological polar surface area (TPSA) is 52.3 Å². The number of nitrogens with zero attached hydrogens (tertiary/aromatic N) is 4. The van der Waals surface area contributed by atoms with Crippen molar-refractivity contribution in [1.82, 2.24) is 19.6 Å². The Hall–Kier alpha value is -3.42. The zero-order valence-corrected chi connectivity index (χ0v) is 13.2. The van der Waals surface area contributed by atoms with Crippen molar-refractivity contribution < 1.29 is 17.9 Å². The maximum absolute atomic E-state index is 12.4. The molecule has 130 valence electrons. The Kier molecular flexibility index (Phi) is 3.80. The van der Waals surface area contributed by atoms with E-state index in [0.717, 1.165) is 5.56 Å². The summed E-state index contributed by atoms with van der Waals surface area (Å²) in [5, 5.41) is 8.29. The molecule has 0 saturated carbocycles. The van der Waals surface area contributed by atoms with Crippen LogP contribution in [0.2, 0.25) is 0 Å². The quantitative estimate of drug-likeness (QED) is 0.547. The normalized spacial score (nSPS) is 11.7. The van der Waals surface area contributed by atoms with Gasteiger partial charge in [0.1, 0.15) is 5.75 Å². The highest BCUT2D eigenvalue weighted by Crippen LogP contribution is 2.29. The van der Waals surface area contributed by atoms with Gasteiger partial charge in [-0.2, -0.15) is 0 Å². The van der Waals surface area contributed by atoms with Gasteiger partial charge in [-0.3, -0.25) is 9.38 Å². The molecule has 5 nitrogen and oxygen atoms in total. The van der Waals surface area contributed by atoms with Crippen LogP contribution >= 0.6 is 0 Å². The summed E-state index contributed by atoms with van der Waals surface area (Å²) in [5.41, 5.74) is 2.75. The molecule has 0 atom stereocenters. The van der Waals surface area contributed by atoms with Gasteiger partial charge in [0.05, 0.1) is 0 Å². The van der Waals surface area contributed by atoms with Crippen LogP contribution in [0, 0.1) is 0 Å². The zero-order chi connectivity index (χ0) is 18.1. The Bertz CT molecular complexity index is 1060. The van der Waals surface area contributed by atoms with E-state index in [2.05, 4.69) is 19.9 Å². The Morgan fingerprint density at radius 1 is 0.846 bits per heavy atom. The van der Waals surface area contributed by atoms with Crippen molar-refractivity contribution in [2.45, 2.75) is 6.36 Å². The minimum absolute atomic E-state index is 0.270. The number of pyridine rings is 2. The fourth-order valence-corrected chi connectivity index (χ4v) is 2.63. The minimum atomic E-state index is -4.73. The van der Waals surface area contributed by atoms with Crippen LogP contribution in [-0.2, 0) is 0 Å². The number of halogens is 3. The maximum atomic E-state index is 12.4. The standard InChI is InChI=1S/C18H11F3N4O/c19-18(20,21)26-15-3-1-2-13(10-15)14-4-5-16-23-24-17(25(16)11-14)12-6-8-22-9-7-12/h1-11H. The Labute approximate surface area is 145 Å². The number of aromatic nitrogens is 4. The first-order valence-corrected chi connectivity index (χ1v) is 7.61. The summed E-state index contributed by atoms with van der Waals surface area (Å²) in [6.45, 7) is 0. The van der Waals surface area contributed by atoms with Gasteiger partial charge in [-0.15, -0.1) is 23.4 Å². The fourth-order valence-electron chi connectivity index (χ4n) is 2.63. The molecule has 4 rings (SSSR count). The molecular formula is C18H11F3N4O. The highest BCUT2D eigenvalue weighted by atomic mass is 19.4. The van der Waals surface area contributed by atoms with Gasteiger partial charge in [0.15, 0.2) is 11.5 Å². The van der Waals surface area contributed by atoms with Gasteiger partial charge < -0.3 is 4.74 Å². The molecule has 0 aliphatic rings. The van der Waals surface area contributed by atoms with Crippen molar-refractivity contribution in [3.05, 3.63) is 67.1 Å². The van der Waals surface area contributed by atoms with E-state index < -0.39 is 6.36 Å². The van der Waals surface area contributed by atoms with Crippen LogP contribution < -0.4 is 4.74 Å². The summed E-state index contributed by atoms with van der Waals surface area (Å²) in [5.74, 6) is 0.347. The predicted molar refractivity (Wildman–Crippen MR) is 88.3 cm³/mol. The predicted octanol–water partition coefficient (Wildman–Crippen LogP) is 4.36. The number of alkyl halides is 3. The van der Waals surface area contributed by atoms with E-state index in [1.165, 1.54) is 18.2 Å². The van der Waals surface area contributed by atoms with Crippen LogP contribution in [0.4, 0.5) is 13.2 Å². The molecule has 0 spiro atoms. The lowest BCUT2D eigenvalue weighted by atomic mass is 10.1. The van der Waals surface area contributed by atoms with Gasteiger partial charge in [0.25, 0.3) is 0 Å². The lowest BCUT2D eigenvalue weighted by Crippen LogP contribution is -2.17. The second-order valence-electron chi connectivity index (χ2n) is 5.48. The van der Waals surface area contributed by atoms with Crippen LogP contribution in [0.15, 0.2) is 67.1 Å². The molecule has 0 radical (unpaired) electrons. The van der Waals surface area contributed by atoms with Crippen LogP contribution in [0.1, 0.15) is 0 Å². The average Bonchev–Trinajstić information content (AvgIpc) is 3.04. The lowest BCUT2D eigenvalue weighted by molar-refractivity contribution is -0.274. The van der Waals surface area contributed by atoms with Crippen molar-refractivity contribution in [1.29, 1.82) is 0 Å². The Morgan fingerprint density at radius 3 is 2.42 bits per heavy atom. The first-order valence-electron chi connectivity index (χ1n) is 7.61. The average molecular weight is 356 g/mol. The number of fused-ring (bicyclic) bond motifs is 1. The molecule has 0 saturated heterocycles. The highest BCUT2D eigenvalue weighted by molar-refractivity contribution is 5.68. The van der Waals surface area contributed by atoms with E-state index in [9.17, 15) is 13.2 Å². The fraction of sp³-hybridized carbons (Fsp3) is 0.0556. The molecule has 0 unspecified atom stereocenters. The summed E-state index contributed by atoms with van der Waals surface area (Å²) in [6.07, 6.45) is 0.347. The monoisotopic (exact) mass is 356 g/mol. The van der Waals surface area contributed by atoms with Gasteiger partial charge in [-0.25, -0.2) is 0 Å². The highest BCUT2D eigenvalue weighted by Gasteiger charge is 2.31. The van der Waals surface area contributed by atoms with Crippen molar-refractivity contribution in [2.75, 3.05) is 0 Å². The van der Waals surface area contributed by atoms with E-state index in [0.29, 0.717) is 22.6 Å². The molecule has 0 N–H and O–H groups in total. The third-order valence-corrected chi connectivity index (χ3v) is 3.74. The van der Waals surface area contributed by atoms with Gasteiger partial charge in [0.2, 0.25) is 0 Å². The first-order chi connectivity index (χ1) is 12.5. The molecule has 8 heteroatoms. The van der Waals surface area contributed by atoms with Gasteiger partial charge in [-0.05, 0) is 47.5 Å². The van der Waals surface area contributed by atoms with Crippen LogP contribution in [0.5, 0.6) is 5.75 Å². The van der Waals surface area contributed by atoms with Gasteiger partial charge >= 0.3 is 6.36 Å². The summed E-state index contributed by atoms with van der Waals surface area (Å²) in [4.78, 5) is 3.98. The van der Waals surface area contributed by atoms with Crippen LogP contribution in [-0.4, -0.2) is 25.9 Å². The lowest BCUT2D eigenvalue weighted by Gasteiger charge is -2.10. The van der Waals surface area contributed by atoms with Crippen molar-refractivity contribution in [3.8, 4) is 28.3 Å². The molecule has 1 aromatic carbocycles. The van der Waals surface area contributed by atoms with Crippen molar-refractivity contribution >= 4 is 5.65 Å². The number of rotatable bonds is 3. The summed E-state index contributed by atoms with van der Waals surface area (Å²) < 4.78 is 43.1. The van der Waals surface area contributed by atoms with E-state index >= 15 is 0 Å². The zero-order valence-electron chi connectivity index (χ0n) is 13.2. The van der Waals surface area contributed by atoms with Crippen molar-refractivity contribution in [2.24, 2.45) is 0 Å². The SMILES string of the molecule is FC(F)(F)Oc1cccc(-c2ccc3nnc(-c4ccncc4)n3c2)c1. The molecule has 0 aliphatic carbocycles. The second-order valence-corrected chi connectivity index (χ2v) is 5.48. The maximum Gasteiger partial charge on any atom is 0.573 e. The van der Waals surface area contributed by atoms with Crippen LogP contribution in [0.25, 0.3) is 28.2 Å². The number of hydrogen-bond donors (Lipinski definition) is 0. The molecule has 0 aliphatic heterocycles. The molecule has 0 amide bonds. The molecule has 0 fully saturated rings. The smallest absolute Gasteiger partial charge is 0.406 e. The third-order valence-electron chi connectivity index (χ3n) is 3.74. The van der Waals surface area contributed by atoms with E-state index in [4.69, 9.17) is 0 Å². The molecular weight excluding hydrogens is 345 g/mol. The number of benzene rings is 1. The first kappa shape index (κ1) is 16.1. The second kappa shape index (κ2) is 6.14. The largest absolute Gasteiger partial charge is 0.573 e. The third kappa shape index (κ3) is 3.21. The summed E-state index contributed by atoms with van der Waals surface area (Å²) >= 11 is 0. The molecule has 26 heavy (non-hydrogen) atoms. The molecule has 3 aromatic heterocycles. The van der Waals surface area contributed by atoms with Gasteiger partial charge in [0, 0.05) is 24.2 Å². The number of hydrogen-bond acceptors (Lipinski definition) is 4. The summed E-state index contributed by atoms with van der Waals surface area (Å²) in [6, 6.07) is 13.0. The summed E-state index contributed by atoms with van der Waals surface area (Å²) in [7, 11) is 0. The van der Waals surface area contributed by atoms with Crippen LogP contribution in [0.3, 0.4) is 0 Å². The number of ether oxygens (including phenoxy) is 1. The Morgan fingerprint density at radius 2 is 1.65 bits per heavy atom. The molecule has 0 bridgehead atoms. The molecule has 3 heterocycles. The molecule has 4 aromatic rings. The van der Waals surface area contributed by atoms with Gasteiger partial charge in [-0.1, -0.05) is 12.1 Å². The van der Waals surface area contributed by atoms with Crippen molar-refractivity contribution in [3.63, 3.8) is 0 Å². The van der Waals surface area contributed by atoms with E-state index in [1.807, 2.05) is 0 Å². The van der Waals surface area contributed by atoms with E-state index in [-0.39, 0.29) is 5.75 Å². The Balaban J connectivity index is 1.77. The minimum Gasteiger partial charge on any atom is -0.406 e.